The number of benzene rings is 3. The quantitative estimate of drug-likeness (QED) is 0.155. The largest absolute Gasteiger partial charge is 0.397 e. The molecule has 206 valence electrons. The molecule has 0 unspecified atom stereocenters. The van der Waals surface area contributed by atoms with Gasteiger partial charge in [0.1, 0.15) is 0 Å². The molecule has 9 nitrogen and oxygen atoms in total. The Labute approximate surface area is 230 Å². The molecule has 3 aromatic carbocycles. The molecule has 1 aliphatic heterocycles. The molecule has 1 amide bonds. The molecule has 1 aliphatic rings. The highest BCUT2D eigenvalue weighted by atomic mass is 32.2. The third-order valence-corrected chi connectivity index (χ3v) is 7.77. The van der Waals surface area contributed by atoms with Crippen LogP contribution in [0.15, 0.2) is 83.8 Å². The number of nitrogens with two attached hydrogens (primary N) is 1. The van der Waals surface area contributed by atoms with Crippen LogP contribution in [-0.4, -0.2) is 58.6 Å². The molecule has 0 saturated carbocycles. The highest BCUT2D eigenvalue weighted by molar-refractivity contribution is 7.89. The van der Waals surface area contributed by atoms with Crippen LogP contribution in [0, 0.1) is 0 Å². The minimum absolute atomic E-state index is 0.231. The van der Waals surface area contributed by atoms with Crippen molar-refractivity contribution in [2.24, 2.45) is 0 Å². The summed E-state index contributed by atoms with van der Waals surface area (Å²) in [6.07, 6.45) is 3.94. The number of amides is 1. The third-order valence-electron chi connectivity index (χ3n) is 6.31. The highest BCUT2D eigenvalue weighted by Gasteiger charge is 2.15. The van der Waals surface area contributed by atoms with Crippen molar-refractivity contribution >= 4 is 39.1 Å². The number of sulfonamides is 1. The number of ether oxygens (including phenoxy) is 1. The number of anilines is 3. The van der Waals surface area contributed by atoms with Crippen LogP contribution in [0.3, 0.4) is 0 Å². The van der Waals surface area contributed by atoms with Crippen LogP contribution in [0.5, 0.6) is 0 Å². The first-order valence-electron chi connectivity index (χ1n) is 13.0. The fourth-order valence-electron chi connectivity index (χ4n) is 4.10. The first kappa shape index (κ1) is 28.3. The summed E-state index contributed by atoms with van der Waals surface area (Å²) in [6, 6.07) is 21.6. The van der Waals surface area contributed by atoms with Gasteiger partial charge in [-0.25, -0.2) is 13.1 Å². The van der Waals surface area contributed by atoms with Gasteiger partial charge in [0.25, 0.3) is 0 Å². The monoisotopic (exact) mass is 549 g/mol. The molecule has 5 N–H and O–H groups in total. The van der Waals surface area contributed by atoms with Gasteiger partial charge < -0.3 is 21.1 Å². The number of nitrogens with one attached hydrogen (secondary N) is 3. The van der Waals surface area contributed by atoms with E-state index in [1.807, 2.05) is 42.5 Å². The minimum Gasteiger partial charge on any atom is -0.397 e. The lowest BCUT2D eigenvalue weighted by atomic mass is 10.1. The molecule has 1 heterocycles. The van der Waals surface area contributed by atoms with Gasteiger partial charge in [0.05, 0.1) is 29.5 Å². The van der Waals surface area contributed by atoms with Gasteiger partial charge in [0, 0.05) is 37.9 Å². The normalized spacial score (nSPS) is 14.4. The Hall–Kier alpha value is -3.70. The van der Waals surface area contributed by atoms with E-state index in [1.165, 1.54) is 6.08 Å². The molecule has 0 atom stereocenters. The van der Waals surface area contributed by atoms with Gasteiger partial charge in [0.2, 0.25) is 15.9 Å². The van der Waals surface area contributed by atoms with Gasteiger partial charge in [0.15, 0.2) is 0 Å². The number of carbonyl (C=O) groups excluding carboxylic acids is 1. The lowest BCUT2D eigenvalue weighted by Crippen LogP contribution is -2.38. The summed E-state index contributed by atoms with van der Waals surface area (Å²) >= 11 is 0. The number of morpholine rings is 1. The van der Waals surface area contributed by atoms with Crippen molar-refractivity contribution in [1.82, 2.24) is 9.62 Å². The van der Waals surface area contributed by atoms with Gasteiger partial charge in [-0.05, 0) is 60.5 Å². The number of nitrogens with zero attached hydrogens (tertiary/aromatic N) is 1. The molecule has 3 aromatic rings. The Morgan fingerprint density at radius 3 is 2.54 bits per heavy atom. The summed E-state index contributed by atoms with van der Waals surface area (Å²) < 4.78 is 33.6. The smallest absolute Gasteiger partial charge is 0.248 e. The molecule has 0 aromatic heterocycles. The summed E-state index contributed by atoms with van der Waals surface area (Å²) in [5.74, 6) is -0.264. The van der Waals surface area contributed by atoms with E-state index in [0.717, 1.165) is 50.4 Å². The minimum atomic E-state index is -3.59. The van der Waals surface area contributed by atoms with Crippen LogP contribution < -0.4 is 21.1 Å². The third kappa shape index (κ3) is 8.93. The van der Waals surface area contributed by atoms with Crippen LogP contribution >= 0.6 is 0 Å². The zero-order valence-corrected chi connectivity index (χ0v) is 22.6. The molecular weight excluding hydrogens is 514 g/mol. The Bertz CT molecular complexity index is 1370. The zero-order valence-electron chi connectivity index (χ0n) is 21.8. The average Bonchev–Trinajstić information content (AvgIpc) is 2.96. The predicted molar refractivity (Wildman–Crippen MR) is 156 cm³/mol. The average molecular weight is 550 g/mol. The predicted octanol–water partition coefficient (Wildman–Crippen LogP) is 3.53. The number of nitrogen functional groups attached to an aromatic ring is 1. The number of para-hydroxylation sites is 2. The number of hydrogen-bond donors (Lipinski definition) is 4. The number of carbonyl (C=O) groups is 1. The van der Waals surface area contributed by atoms with Crippen molar-refractivity contribution in [2.75, 3.05) is 55.8 Å². The maximum absolute atomic E-state index is 12.8. The number of rotatable bonds is 12. The van der Waals surface area contributed by atoms with Crippen molar-refractivity contribution < 1.29 is 17.9 Å². The van der Waals surface area contributed by atoms with Crippen molar-refractivity contribution in [1.29, 1.82) is 0 Å². The lowest BCUT2D eigenvalue weighted by molar-refractivity contribution is -0.111. The molecule has 0 spiro atoms. The molecule has 1 fully saturated rings. The van der Waals surface area contributed by atoms with Crippen LogP contribution in [0.4, 0.5) is 17.1 Å². The SMILES string of the molecule is Nc1ccccc1NC(=O)/C=C\c1ccc(CNc2cccc(S(=O)(=O)NCCCN3CCOCC3)c2)cc1. The van der Waals surface area contributed by atoms with Gasteiger partial charge in [-0.15, -0.1) is 0 Å². The molecule has 1 saturated heterocycles. The van der Waals surface area contributed by atoms with E-state index in [2.05, 4.69) is 20.3 Å². The maximum Gasteiger partial charge on any atom is 0.248 e. The van der Waals surface area contributed by atoms with Crippen molar-refractivity contribution in [3.8, 4) is 0 Å². The maximum atomic E-state index is 12.8. The Morgan fingerprint density at radius 1 is 1.00 bits per heavy atom. The summed E-state index contributed by atoms with van der Waals surface area (Å²) in [6.45, 7) is 5.00. The van der Waals surface area contributed by atoms with Crippen LogP contribution in [0.2, 0.25) is 0 Å². The first-order chi connectivity index (χ1) is 18.9. The Balaban J connectivity index is 1.24. The van der Waals surface area contributed by atoms with Gasteiger partial charge in [-0.2, -0.15) is 0 Å². The second-order valence-electron chi connectivity index (χ2n) is 9.24. The van der Waals surface area contributed by atoms with E-state index < -0.39 is 10.0 Å². The standard InChI is InChI=1S/C29H35N5O4S/c30-27-7-1-2-8-28(27)33-29(35)14-13-23-9-11-24(12-10-23)22-31-25-5-3-6-26(21-25)39(36,37)32-15-4-16-34-17-19-38-20-18-34/h1-3,5-14,21,31-32H,4,15-20,22,30H2,(H,33,35)/b14-13-. The second-order valence-corrected chi connectivity index (χ2v) is 11.0. The topological polar surface area (TPSA) is 126 Å². The molecule has 0 bridgehead atoms. The van der Waals surface area contributed by atoms with E-state index in [1.54, 1.807) is 36.4 Å². The van der Waals surface area contributed by atoms with Gasteiger partial charge in [-0.3, -0.25) is 9.69 Å². The molecule has 10 heteroatoms. The fraction of sp³-hybridized carbons (Fsp3) is 0.276. The Kier molecular flexibility index (Phi) is 10.1. The van der Waals surface area contributed by atoms with Gasteiger partial charge in [-0.1, -0.05) is 42.5 Å². The van der Waals surface area contributed by atoms with Crippen molar-refractivity contribution in [3.05, 3.63) is 90.0 Å². The van der Waals surface area contributed by atoms with Gasteiger partial charge >= 0.3 is 0 Å². The van der Waals surface area contributed by atoms with E-state index in [4.69, 9.17) is 10.5 Å². The highest BCUT2D eigenvalue weighted by Crippen LogP contribution is 2.18. The lowest BCUT2D eigenvalue weighted by Gasteiger charge is -2.26. The van der Waals surface area contributed by atoms with E-state index in [-0.39, 0.29) is 10.8 Å². The Morgan fingerprint density at radius 2 is 1.77 bits per heavy atom. The molecule has 0 radical (unpaired) electrons. The zero-order chi connectivity index (χ0) is 27.5. The van der Waals surface area contributed by atoms with E-state index in [0.29, 0.717) is 30.2 Å². The second kappa shape index (κ2) is 13.9. The fourth-order valence-corrected chi connectivity index (χ4v) is 5.22. The van der Waals surface area contributed by atoms with Crippen LogP contribution in [0.25, 0.3) is 6.08 Å². The van der Waals surface area contributed by atoms with E-state index >= 15 is 0 Å². The first-order valence-corrected chi connectivity index (χ1v) is 14.4. The summed E-state index contributed by atoms with van der Waals surface area (Å²) in [5.41, 5.74) is 9.55. The molecule has 0 aliphatic carbocycles. The summed E-state index contributed by atoms with van der Waals surface area (Å²) in [7, 11) is -3.59. The van der Waals surface area contributed by atoms with Crippen molar-refractivity contribution in [3.63, 3.8) is 0 Å². The van der Waals surface area contributed by atoms with Crippen molar-refractivity contribution in [2.45, 2.75) is 17.9 Å². The number of hydrogen-bond acceptors (Lipinski definition) is 7. The van der Waals surface area contributed by atoms with E-state index in [9.17, 15) is 13.2 Å². The molecular formula is C29H35N5O4S. The van der Waals surface area contributed by atoms with Crippen LogP contribution in [0.1, 0.15) is 17.5 Å². The molecule has 39 heavy (non-hydrogen) atoms. The summed E-state index contributed by atoms with van der Waals surface area (Å²) in [5, 5.41) is 6.04. The molecule has 4 rings (SSSR count). The van der Waals surface area contributed by atoms with Crippen LogP contribution in [-0.2, 0) is 26.1 Å². The summed E-state index contributed by atoms with van der Waals surface area (Å²) in [4.78, 5) is 14.7.